The number of nitrogens with one attached hydrogen (secondary N) is 2. The van der Waals surface area contributed by atoms with E-state index in [1.54, 1.807) is 37.4 Å². The average molecular weight is 531 g/mol. The molecule has 0 unspecified atom stereocenters. The van der Waals surface area contributed by atoms with E-state index in [1.165, 1.54) is 23.4 Å². The second-order valence-electron chi connectivity index (χ2n) is 8.23. The molecule has 0 aliphatic rings. The number of fused-ring (bicyclic) bond motifs is 3. The lowest BCUT2D eigenvalue weighted by atomic mass is 10.2. The summed E-state index contributed by atoms with van der Waals surface area (Å²) in [5.41, 5.74) is 2.55. The Kier molecular flexibility index (Phi) is 7.23. The Morgan fingerprint density at radius 2 is 1.76 bits per heavy atom. The number of benzene rings is 3. The number of rotatable bonds is 9. The van der Waals surface area contributed by atoms with Crippen LogP contribution in [0.15, 0.2) is 76.7 Å². The Bertz CT molecular complexity index is 1690. The van der Waals surface area contributed by atoms with Gasteiger partial charge in [-0.05, 0) is 37.3 Å². The van der Waals surface area contributed by atoms with Crippen molar-refractivity contribution in [2.45, 2.75) is 12.1 Å². The number of H-pyrrole nitrogens is 1. The minimum Gasteiger partial charge on any atom is -0.493 e. The molecule has 10 heteroatoms. The van der Waals surface area contributed by atoms with Crippen molar-refractivity contribution in [2.24, 2.45) is 0 Å². The molecule has 0 aliphatic heterocycles. The van der Waals surface area contributed by atoms with Gasteiger partial charge in [0.2, 0.25) is 5.91 Å². The maximum absolute atomic E-state index is 13.8. The van der Waals surface area contributed by atoms with Gasteiger partial charge in [-0.3, -0.25) is 14.2 Å². The van der Waals surface area contributed by atoms with Gasteiger partial charge in [0.15, 0.2) is 16.7 Å². The van der Waals surface area contributed by atoms with Crippen LogP contribution < -0.4 is 25.1 Å². The largest absolute Gasteiger partial charge is 0.493 e. The molecule has 3 aromatic carbocycles. The highest BCUT2D eigenvalue weighted by Gasteiger charge is 2.19. The van der Waals surface area contributed by atoms with Gasteiger partial charge in [-0.1, -0.05) is 42.1 Å². The van der Waals surface area contributed by atoms with Crippen LogP contribution in [0, 0.1) is 0 Å². The Balaban J connectivity index is 1.56. The molecule has 5 aromatic rings. The highest BCUT2D eigenvalue weighted by molar-refractivity contribution is 7.99. The first-order chi connectivity index (χ1) is 18.5. The minimum absolute atomic E-state index is 0.0219. The van der Waals surface area contributed by atoms with E-state index in [0.29, 0.717) is 51.4 Å². The summed E-state index contributed by atoms with van der Waals surface area (Å²) in [5.74, 6) is 1.36. The summed E-state index contributed by atoms with van der Waals surface area (Å²) >= 11 is 1.17. The third-order valence-corrected chi connectivity index (χ3v) is 6.85. The number of carbonyl (C=O) groups is 1. The first-order valence-electron chi connectivity index (χ1n) is 11.9. The molecule has 0 saturated carbocycles. The van der Waals surface area contributed by atoms with Crippen LogP contribution in [0.1, 0.15) is 6.92 Å². The molecular weight excluding hydrogens is 504 g/mol. The van der Waals surface area contributed by atoms with Crippen LogP contribution in [-0.4, -0.2) is 47.0 Å². The number of aromatic nitrogens is 3. The molecule has 2 N–H and O–H groups in total. The third kappa shape index (κ3) is 4.78. The van der Waals surface area contributed by atoms with Crippen LogP contribution in [0.2, 0.25) is 0 Å². The number of anilines is 1. The van der Waals surface area contributed by atoms with Crippen molar-refractivity contribution in [2.75, 3.05) is 31.9 Å². The van der Waals surface area contributed by atoms with E-state index in [9.17, 15) is 9.59 Å². The smallest absolute Gasteiger partial charge is 0.283 e. The van der Waals surface area contributed by atoms with E-state index in [0.717, 1.165) is 10.9 Å². The summed E-state index contributed by atoms with van der Waals surface area (Å²) in [6.45, 7) is 2.36. The maximum atomic E-state index is 13.8. The highest BCUT2D eigenvalue weighted by Crippen LogP contribution is 2.32. The Morgan fingerprint density at radius 1 is 1.00 bits per heavy atom. The lowest BCUT2D eigenvalue weighted by molar-refractivity contribution is -0.113. The van der Waals surface area contributed by atoms with Crippen molar-refractivity contribution in [3.8, 4) is 22.9 Å². The van der Waals surface area contributed by atoms with Crippen molar-refractivity contribution < 1.29 is 19.0 Å². The zero-order valence-corrected chi connectivity index (χ0v) is 21.9. The van der Waals surface area contributed by atoms with Gasteiger partial charge in [0.1, 0.15) is 16.8 Å². The van der Waals surface area contributed by atoms with Crippen LogP contribution >= 0.6 is 11.8 Å². The van der Waals surface area contributed by atoms with Crippen molar-refractivity contribution in [1.29, 1.82) is 0 Å². The number of amides is 1. The van der Waals surface area contributed by atoms with E-state index >= 15 is 0 Å². The van der Waals surface area contributed by atoms with Crippen molar-refractivity contribution in [1.82, 2.24) is 14.5 Å². The number of aromatic amines is 1. The summed E-state index contributed by atoms with van der Waals surface area (Å²) in [5, 5.41) is 4.09. The van der Waals surface area contributed by atoms with E-state index in [2.05, 4.69) is 10.3 Å². The molecule has 5 rings (SSSR count). The molecule has 1 amide bonds. The Morgan fingerprint density at radius 3 is 2.55 bits per heavy atom. The van der Waals surface area contributed by atoms with Gasteiger partial charge in [-0.15, -0.1) is 0 Å². The van der Waals surface area contributed by atoms with E-state index < -0.39 is 0 Å². The molecule has 0 spiro atoms. The lowest BCUT2D eigenvalue weighted by Crippen LogP contribution is -2.23. The molecule has 0 radical (unpaired) electrons. The van der Waals surface area contributed by atoms with Gasteiger partial charge < -0.3 is 24.5 Å². The molecular formula is C28H26N4O5S. The molecule has 194 valence electrons. The predicted octanol–water partition coefficient (Wildman–Crippen LogP) is 5.01. The summed E-state index contributed by atoms with van der Waals surface area (Å²) < 4.78 is 17.9. The first kappa shape index (κ1) is 25.2. The number of ether oxygens (including phenoxy) is 3. The van der Waals surface area contributed by atoms with E-state index in [1.807, 2.05) is 43.3 Å². The number of thioether (sulfide) groups is 1. The standard InChI is InChI=1S/C28H26N4O5S/c1-4-37-21-12-8-7-11-20(21)29-24(33)16-38-28-31-25-18-9-5-6-10-19(18)30-26(25)27(34)32(28)17-13-14-22(35-2)23(15-17)36-3/h5-15,30H,4,16H2,1-3H3,(H,29,33). The molecule has 2 aromatic heterocycles. The number of nitrogens with zero attached hydrogens (tertiary/aromatic N) is 2. The number of carbonyl (C=O) groups excluding carboxylic acids is 1. The predicted molar refractivity (Wildman–Crippen MR) is 149 cm³/mol. The third-order valence-electron chi connectivity index (χ3n) is 5.91. The molecule has 2 heterocycles. The van der Waals surface area contributed by atoms with Gasteiger partial charge in [0, 0.05) is 17.0 Å². The topological polar surface area (TPSA) is 107 Å². The maximum Gasteiger partial charge on any atom is 0.283 e. The Hall–Kier alpha value is -4.44. The monoisotopic (exact) mass is 530 g/mol. The quantitative estimate of drug-likeness (QED) is 0.204. The summed E-state index contributed by atoms with van der Waals surface area (Å²) in [7, 11) is 3.08. The van der Waals surface area contributed by atoms with Gasteiger partial charge >= 0.3 is 0 Å². The number of hydrogen-bond acceptors (Lipinski definition) is 7. The summed E-state index contributed by atoms with van der Waals surface area (Å²) in [6, 6.07) is 20.0. The molecule has 0 saturated heterocycles. The fourth-order valence-electron chi connectivity index (χ4n) is 4.20. The second-order valence-corrected chi connectivity index (χ2v) is 9.18. The fourth-order valence-corrected chi connectivity index (χ4v) is 5.00. The molecule has 9 nitrogen and oxygen atoms in total. The number of hydrogen-bond donors (Lipinski definition) is 2. The molecule has 38 heavy (non-hydrogen) atoms. The molecule has 0 aliphatic carbocycles. The van der Waals surface area contributed by atoms with Gasteiger partial charge in [-0.2, -0.15) is 0 Å². The SMILES string of the molecule is CCOc1ccccc1NC(=O)CSc1nc2c([nH]c3ccccc32)c(=O)n1-c1ccc(OC)c(OC)c1. The minimum atomic E-state index is -0.289. The zero-order chi connectivity index (χ0) is 26.6. The first-order valence-corrected chi connectivity index (χ1v) is 12.9. The average Bonchev–Trinajstić information content (AvgIpc) is 3.32. The van der Waals surface area contributed by atoms with E-state index in [-0.39, 0.29) is 17.2 Å². The molecule has 0 atom stereocenters. The fraction of sp³-hybridized carbons (Fsp3) is 0.179. The van der Waals surface area contributed by atoms with Crippen LogP contribution in [0.3, 0.4) is 0 Å². The summed E-state index contributed by atoms with van der Waals surface area (Å²) in [4.78, 5) is 34.8. The van der Waals surface area contributed by atoms with Gasteiger partial charge in [0.05, 0.1) is 38.0 Å². The van der Waals surface area contributed by atoms with E-state index in [4.69, 9.17) is 19.2 Å². The zero-order valence-electron chi connectivity index (χ0n) is 21.1. The summed E-state index contributed by atoms with van der Waals surface area (Å²) in [6.07, 6.45) is 0. The number of para-hydroxylation sites is 3. The van der Waals surface area contributed by atoms with Crippen molar-refractivity contribution in [3.05, 3.63) is 77.1 Å². The highest BCUT2D eigenvalue weighted by atomic mass is 32.2. The normalized spacial score (nSPS) is 11.0. The van der Waals surface area contributed by atoms with Crippen LogP contribution in [0.5, 0.6) is 17.2 Å². The second kappa shape index (κ2) is 10.9. The van der Waals surface area contributed by atoms with Gasteiger partial charge in [-0.25, -0.2) is 4.98 Å². The van der Waals surface area contributed by atoms with Crippen LogP contribution in [0.25, 0.3) is 27.6 Å². The Labute approximate surface area is 222 Å². The lowest BCUT2D eigenvalue weighted by Gasteiger charge is -2.15. The van der Waals surface area contributed by atoms with Crippen molar-refractivity contribution in [3.63, 3.8) is 0 Å². The van der Waals surface area contributed by atoms with Crippen molar-refractivity contribution >= 4 is 45.3 Å². The molecule has 0 fully saturated rings. The van der Waals surface area contributed by atoms with Gasteiger partial charge in [0.25, 0.3) is 5.56 Å². The molecule has 0 bridgehead atoms. The number of methoxy groups -OCH3 is 2. The van der Waals surface area contributed by atoms with Crippen LogP contribution in [-0.2, 0) is 4.79 Å². The van der Waals surface area contributed by atoms with Crippen LogP contribution in [0.4, 0.5) is 5.69 Å².